The maximum Gasteiger partial charge on any atom is 0.143 e. The highest BCUT2D eigenvalue weighted by atomic mass is 32.1. The average molecular weight is 194 g/mol. The number of pyridine rings is 1. The summed E-state index contributed by atoms with van der Waals surface area (Å²) in [7, 11) is 0. The minimum Gasteiger partial charge on any atom is -0.244 e. The first kappa shape index (κ1) is 10.1. The second-order valence-corrected chi connectivity index (χ2v) is 4.25. The van der Waals surface area contributed by atoms with Crippen LogP contribution in [0.3, 0.4) is 0 Å². The Morgan fingerprint density at radius 2 is 1.92 bits per heavy atom. The molecule has 3 heteroatoms. The molecule has 0 N–H and O–H groups in total. The fourth-order valence-corrected chi connectivity index (χ4v) is 1.33. The van der Waals surface area contributed by atoms with Gasteiger partial charge in [-0.2, -0.15) is 0 Å². The van der Waals surface area contributed by atoms with Gasteiger partial charge in [0.2, 0.25) is 0 Å². The summed E-state index contributed by atoms with van der Waals surface area (Å²) in [5.74, 6) is 0.833. The summed E-state index contributed by atoms with van der Waals surface area (Å²) < 4.78 is 0. The van der Waals surface area contributed by atoms with E-state index in [9.17, 15) is 0 Å². The average Bonchev–Trinajstić information content (AvgIpc) is 2.49. The van der Waals surface area contributed by atoms with E-state index in [1.165, 1.54) is 0 Å². The number of rotatable bonds is 0. The van der Waals surface area contributed by atoms with E-state index < -0.39 is 0 Å². The van der Waals surface area contributed by atoms with Crippen LogP contribution in [-0.4, -0.2) is 9.97 Å². The minimum absolute atomic E-state index is 0.833. The second kappa shape index (κ2) is 4.92. The molecule has 70 valence electrons. The van der Waals surface area contributed by atoms with Crippen molar-refractivity contribution in [1.82, 2.24) is 9.97 Å². The van der Waals surface area contributed by atoms with Gasteiger partial charge in [0.15, 0.2) is 0 Å². The molecule has 0 aromatic carbocycles. The third-order valence-corrected chi connectivity index (χ3v) is 1.86. The van der Waals surface area contributed by atoms with Gasteiger partial charge in [-0.15, -0.1) is 11.3 Å². The zero-order valence-corrected chi connectivity index (χ0v) is 9.01. The number of hydrogen-bond donors (Lipinski definition) is 0. The molecule has 2 nitrogen and oxygen atoms in total. The van der Waals surface area contributed by atoms with Crippen molar-refractivity contribution in [2.24, 2.45) is 5.92 Å². The molecule has 2 heterocycles. The Labute approximate surface area is 82.7 Å². The van der Waals surface area contributed by atoms with Crippen LogP contribution in [0.1, 0.15) is 20.8 Å². The highest BCUT2D eigenvalue weighted by Crippen LogP contribution is 2.12. The molecule has 2 aromatic rings. The maximum absolute atomic E-state index is 4.10. The summed E-state index contributed by atoms with van der Waals surface area (Å²) in [5.41, 5.74) is 2.79. The topological polar surface area (TPSA) is 25.8 Å². The fourth-order valence-electron chi connectivity index (χ4n) is 0.704. The van der Waals surface area contributed by atoms with Gasteiger partial charge in [-0.1, -0.05) is 20.8 Å². The zero-order valence-electron chi connectivity index (χ0n) is 8.19. The zero-order chi connectivity index (χ0) is 9.68. The summed E-state index contributed by atoms with van der Waals surface area (Å²) >= 11 is 1.57. The van der Waals surface area contributed by atoms with Crippen LogP contribution in [0.25, 0.3) is 10.3 Å². The van der Waals surface area contributed by atoms with Gasteiger partial charge in [-0.05, 0) is 18.1 Å². The van der Waals surface area contributed by atoms with Gasteiger partial charge >= 0.3 is 0 Å². The summed E-state index contributed by atoms with van der Waals surface area (Å²) in [6.07, 6.45) is 1.78. The molecule has 0 amide bonds. The van der Waals surface area contributed by atoms with Gasteiger partial charge in [-0.3, -0.25) is 0 Å². The minimum atomic E-state index is 0.833. The van der Waals surface area contributed by atoms with Crippen molar-refractivity contribution >= 4 is 21.7 Å². The van der Waals surface area contributed by atoms with E-state index in [0.29, 0.717) is 0 Å². The summed E-state index contributed by atoms with van der Waals surface area (Å²) in [6, 6.07) is 3.85. The van der Waals surface area contributed by atoms with E-state index in [-0.39, 0.29) is 0 Å². The number of nitrogens with zero attached hydrogens (tertiary/aromatic N) is 2. The van der Waals surface area contributed by atoms with Crippen LogP contribution in [-0.2, 0) is 0 Å². The van der Waals surface area contributed by atoms with Crippen LogP contribution in [0.2, 0.25) is 0 Å². The number of fused-ring (bicyclic) bond motifs is 1. The predicted octanol–water partition coefficient (Wildman–Crippen LogP) is 3.35. The van der Waals surface area contributed by atoms with Crippen molar-refractivity contribution in [3.63, 3.8) is 0 Å². The first-order valence-electron chi connectivity index (χ1n) is 4.34. The third kappa shape index (κ3) is 3.51. The van der Waals surface area contributed by atoms with E-state index >= 15 is 0 Å². The van der Waals surface area contributed by atoms with Gasteiger partial charge in [0, 0.05) is 6.20 Å². The molecular weight excluding hydrogens is 180 g/mol. The van der Waals surface area contributed by atoms with Crippen LogP contribution in [0.4, 0.5) is 0 Å². The molecule has 2 aromatic heterocycles. The second-order valence-electron chi connectivity index (χ2n) is 3.41. The van der Waals surface area contributed by atoms with Crippen molar-refractivity contribution in [3.05, 3.63) is 23.8 Å². The van der Waals surface area contributed by atoms with Gasteiger partial charge in [-0.25, -0.2) is 9.97 Å². The highest BCUT2D eigenvalue weighted by Gasteiger charge is 1.91. The Morgan fingerprint density at radius 3 is 2.54 bits per heavy atom. The normalized spacial score (nSPS) is 9.85. The monoisotopic (exact) mass is 194 g/mol. The highest BCUT2D eigenvalue weighted by molar-refractivity contribution is 7.16. The van der Waals surface area contributed by atoms with Crippen LogP contribution < -0.4 is 0 Å². The molecule has 0 aliphatic carbocycles. The summed E-state index contributed by atoms with van der Waals surface area (Å²) in [5, 5.41) is 0. The molecule has 0 unspecified atom stereocenters. The Bertz CT molecular complexity index is 321. The van der Waals surface area contributed by atoms with Crippen molar-refractivity contribution in [2.75, 3.05) is 0 Å². The van der Waals surface area contributed by atoms with E-state index in [1.807, 2.05) is 12.1 Å². The van der Waals surface area contributed by atoms with E-state index in [1.54, 1.807) is 23.0 Å². The number of thiazole rings is 1. The molecule has 0 aliphatic heterocycles. The third-order valence-electron chi connectivity index (χ3n) is 1.11. The van der Waals surface area contributed by atoms with E-state index in [0.717, 1.165) is 16.3 Å². The molecule has 0 spiro atoms. The molecule has 0 atom stereocenters. The van der Waals surface area contributed by atoms with E-state index in [2.05, 4.69) is 30.7 Å². The molecule has 0 saturated heterocycles. The van der Waals surface area contributed by atoms with Crippen LogP contribution in [0.5, 0.6) is 0 Å². The lowest BCUT2D eigenvalue weighted by Crippen LogP contribution is -1.68. The SMILES string of the molecule is CC(C)C.c1cnc2scnc2c1. The van der Waals surface area contributed by atoms with Crippen molar-refractivity contribution in [2.45, 2.75) is 20.8 Å². The first-order chi connectivity index (χ1) is 6.20. The molecule has 0 aliphatic rings. The Balaban J connectivity index is 0.000000184. The lowest BCUT2D eigenvalue weighted by atomic mass is 10.3. The van der Waals surface area contributed by atoms with Crippen molar-refractivity contribution in [1.29, 1.82) is 0 Å². The molecular formula is C10H14N2S. The molecule has 2 rings (SSSR count). The lowest BCUT2D eigenvalue weighted by molar-refractivity contribution is 0.737. The molecule has 0 saturated carbocycles. The van der Waals surface area contributed by atoms with Crippen molar-refractivity contribution in [3.8, 4) is 0 Å². The largest absolute Gasteiger partial charge is 0.244 e. The van der Waals surface area contributed by atoms with Crippen LogP contribution in [0, 0.1) is 5.92 Å². The fraction of sp³-hybridized carbons (Fsp3) is 0.400. The molecule has 0 fully saturated rings. The van der Waals surface area contributed by atoms with Gasteiger partial charge in [0.1, 0.15) is 4.83 Å². The predicted molar refractivity (Wildman–Crippen MR) is 57.9 cm³/mol. The first-order valence-corrected chi connectivity index (χ1v) is 5.22. The standard InChI is InChI=1S/C6H4N2S.C4H10/c1-2-5-6(7-3-1)9-4-8-5;1-4(2)3/h1-4H;4H,1-3H3. The number of aromatic nitrogens is 2. The van der Waals surface area contributed by atoms with Gasteiger partial charge < -0.3 is 0 Å². The molecule has 13 heavy (non-hydrogen) atoms. The Hall–Kier alpha value is -0.960. The summed E-state index contributed by atoms with van der Waals surface area (Å²) in [4.78, 5) is 9.18. The Kier molecular flexibility index (Phi) is 3.83. The van der Waals surface area contributed by atoms with Crippen LogP contribution in [0.15, 0.2) is 23.8 Å². The molecule has 0 radical (unpaired) electrons. The summed E-state index contributed by atoms with van der Waals surface area (Å²) in [6.45, 7) is 6.50. The quantitative estimate of drug-likeness (QED) is 0.642. The van der Waals surface area contributed by atoms with Gasteiger partial charge in [0.05, 0.1) is 11.0 Å². The van der Waals surface area contributed by atoms with Gasteiger partial charge in [0.25, 0.3) is 0 Å². The lowest BCUT2D eigenvalue weighted by Gasteiger charge is -1.80. The van der Waals surface area contributed by atoms with Crippen LogP contribution >= 0.6 is 11.3 Å². The Morgan fingerprint density at radius 1 is 1.23 bits per heavy atom. The molecule has 0 bridgehead atoms. The van der Waals surface area contributed by atoms with E-state index in [4.69, 9.17) is 0 Å². The smallest absolute Gasteiger partial charge is 0.143 e. The van der Waals surface area contributed by atoms with Crippen molar-refractivity contribution < 1.29 is 0 Å². The maximum atomic E-state index is 4.10. The number of hydrogen-bond acceptors (Lipinski definition) is 3.